The van der Waals surface area contributed by atoms with E-state index in [2.05, 4.69) is 20.6 Å². The number of carbonyl (C=O) groups is 2. The maximum absolute atomic E-state index is 12.2. The van der Waals surface area contributed by atoms with Crippen molar-refractivity contribution in [2.24, 2.45) is 7.05 Å². The van der Waals surface area contributed by atoms with E-state index in [9.17, 15) is 14.7 Å². The van der Waals surface area contributed by atoms with E-state index in [0.29, 0.717) is 30.0 Å². The zero-order valence-electron chi connectivity index (χ0n) is 16.2. The quantitative estimate of drug-likeness (QED) is 0.692. The molecular weight excluding hydrogens is 348 g/mol. The van der Waals surface area contributed by atoms with Crippen molar-refractivity contribution >= 4 is 11.7 Å². The first kappa shape index (κ1) is 19.2. The number of nitrogens with one attached hydrogen (secondary N) is 1. The first-order chi connectivity index (χ1) is 12.8. The van der Waals surface area contributed by atoms with Crippen molar-refractivity contribution < 1.29 is 14.7 Å². The molecule has 0 aromatic carbocycles. The van der Waals surface area contributed by atoms with Crippen molar-refractivity contribution in [3.63, 3.8) is 0 Å². The summed E-state index contributed by atoms with van der Waals surface area (Å²) in [6, 6.07) is 0.130. The number of hydrogen-bond donors (Lipinski definition) is 2. The van der Waals surface area contributed by atoms with E-state index < -0.39 is 0 Å². The molecule has 2 aromatic rings. The third kappa shape index (κ3) is 3.78. The van der Waals surface area contributed by atoms with E-state index in [1.54, 1.807) is 4.68 Å². The van der Waals surface area contributed by atoms with Crippen LogP contribution >= 0.6 is 0 Å². The van der Waals surface area contributed by atoms with Crippen LogP contribution in [0.25, 0.3) is 0 Å². The van der Waals surface area contributed by atoms with Gasteiger partial charge in [-0.15, -0.1) is 10.2 Å². The number of aryl methyl sites for hydroxylation is 2. The molecule has 0 bridgehead atoms. The molecule has 9 nitrogen and oxygen atoms in total. The molecule has 0 saturated heterocycles. The molecule has 2 heterocycles. The predicted molar refractivity (Wildman–Crippen MR) is 97.2 cm³/mol. The van der Waals surface area contributed by atoms with Crippen molar-refractivity contribution in [3.05, 3.63) is 28.6 Å². The van der Waals surface area contributed by atoms with Crippen LogP contribution in [0.5, 0.6) is 0 Å². The molecule has 2 aromatic heterocycles. The number of aromatic nitrogens is 5. The summed E-state index contributed by atoms with van der Waals surface area (Å²) in [6.45, 7) is 5.51. The lowest BCUT2D eigenvalue weighted by Gasteiger charge is -2.35. The topological polar surface area (TPSA) is 115 Å². The fraction of sp³-hybridized carbons (Fsp3) is 0.611. The number of Topliss-reactive ketones (excluding diaryl/α,β-unsaturated/α-hetero) is 1. The van der Waals surface area contributed by atoms with E-state index in [-0.39, 0.29) is 30.3 Å². The van der Waals surface area contributed by atoms with E-state index in [1.165, 1.54) is 6.92 Å². The van der Waals surface area contributed by atoms with Crippen LogP contribution in [0.15, 0.2) is 0 Å². The summed E-state index contributed by atoms with van der Waals surface area (Å²) in [7, 11) is 1.84. The van der Waals surface area contributed by atoms with Crippen LogP contribution in [0, 0.1) is 13.8 Å². The maximum Gasteiger partial charge on any atom is 0.222 e. The Morgan fingerprint density at radius 2 is 1.96 bits per heavy atom. The Bertz CT molecular complexity index is 863. The molecule has 1 aliphatic carbocycles. The molecule has 1 amide bonds. The Hall–Kier alpha value is -2.55. The standard InChI is InChI=1S/C18H26N6O3/c1-10-17(12(3)26)11(2)24(22-10)6-5-16(27)19-14-7-13(8-14)18-21-20-15(9-25)23(18)4/h13-14,25H,5-9H2,1-4H3,(H,19,27). The Morgan fingerprint density at radius 3 is 2.52 bits per heavy atom. The third-order valence-electron chi connectivity index (χ3n) is 5.29. The van der Waals surface area contributed by atoms with Gasteiger partial charge in [0.05, 0.1) is 11.3 Å². The lowest BCUT2D eigenvalue weighted by molar-refractivity contribution is -0.122. The summed E-state index contributed by atoms with van der Waals surface area (Å²) in [4.78, 5) is 23.9. The van der Waals surface area contributed by atoms with Crippen LogP contribution in [-0.4, -0.2) is 47.4 Å². The Kier molecular flexibility index (Phi) is 5.41. The van der Waals surface area contributed by atoms with Crippen LogP contribution in [0.3, 0.4) is 0 Å². The van der Waals surface area contributed by atoms with Crippen LogP contribution in [0.1, 0.15) is 65.5 Å². The van der Waals surface area contributed by atoms with E-state index >= 15 is 0 Å². The molecule has 3 rings (SSSR count). The summed E-state index contributed by atoms with van der Waals surface area (Å²) in [5.74, 6) is 1.62. The van der Waals surface area contributed by atoms with Gasteiger partial charge in [0.1, 0.15) is 12.4 Å². The minimum absolute atomic E-state index is 0.00524. The summed E-state index contributed by atoms with van der Waals surface area (Å²) in [5, 5.41) is 24.7. The fourth-order valence-electron chi connectivity index (χ4n) is 3.75. The Balaban J connectivity index is 1.48. The highest BCUT2D eigenvalue weighted by molar-refractivity contribution is 5.96. The molecule has 0 spiro atoms. The summed E-state index contributed by atoms with van der Waals surface area (Å²) in [6.07, 6.45) is 1.95. The van der Waals surface area contributed by atoms with Gasteiger partial charge in [0.15, 0.2) is 11.6 Å². The number of aliphatic hydroxyl groups is 1. The van der Waals surface area contributed by atoms with Crippen LogP contribution < -0.4 is 5.32 Å². The second kappa shape index (κ2) is 7.59. The number of ketones is 1. The number of hydrogen-bond acceptors (Lipinski definition) is 6. The zero-order valence-corrected chi connectivity index (χ0v) is 16.2. The summed E-state index contributed by atoms with van der Waals surface area (Å²) < 4.78 is 3.54. The largest absolute Gasteiger partial charge is 0.388 e. The highest BCUT2D eigenvalue weighted by Crippen LogP contribution is 2.35. The molecular formula is C18H26N6O3. The first-order valence-corrected chi connectivity index (χ1v) is 9.15. The molecule has 0 atom stereocenters. The van der Waals surface area contributed by atoms with Gasteiger partial charge in [0.2, 0.25) is 5.91 Å². The Labute approximate surface area is 157 Å². The molecule has 0 radical (unpaired) electrons. The molecule has 1 fully saturated rings. The summed E-state index contributed by atoms with van der Waals surface area (Å²) >= 11 is 0. The Morgan fingerprint density at radius 1 is 1.26 bits per heavy atom. The molecule has 0 unspecified atom stereocenters. The highest BCUT2D eigenvalue weighted by Gasteiger charge is 2.34. The van der Waals surface area contributed by atoms with Crippen molar-refractivity contribution in [1.82, 2.24) is 29.9 Å². The monoisotopic (exact) mass is 374 g/mol. The molecule has 0 aliphatic heterocycles. The fourth-order valence-corrected chi connectivity index (χ4v) is 3.75. The molecule has 9 heteroatoms. The van der Waals surface area contributed by atoms with E-state index in [4.69, 9.17) is 0 Å². The minimum Gasteiger partial charge on any atom is -0.388 e. The zero-order chi connectivity index (χ0) is 19.7. The average molecular weight is 374 g/mol. The molecule has 1 aliphatic rings. The van der Waals surface area contributed by atoms with Crippen LogP contribution in [-0.2, 0) is 25.0 Å². The van der Waals surface area contributed by atoms with Gasteiger partial charge in [0.25, 0.3) is 0 Å². The summed E-state index contributed by atoms with van der Waals surface area (Å²) in [5.41, 5.74) is 2.15. The first-order valence-electron chi connectivity index (χ1n) is 9.15. The SMILES string of the molecule is CC(=O)c1c(C)nn(CCC(=O)NC2CC(c3nnc(CO)n3C)C2)c1C. The minimum atomic E-state index is -0.131. The normalized spacial score (nSPS) is 19.0. The van der Waals surface area contributed by atoms with Crippen LogP contribution in [0.2, 0.25) is 0 Å². The maximum atomic E-state index is 12.2. The molecule has 1 saturated carbocycles. The van der Waals surface area contributed by atoms with Gasteiger partial charge in [-0.05, 0) is 33.6 Å². The van der Waals surface area contributed by atoms with Crippen molar-refractivity contribution in [2.45, 2.75) is 65.1 Å². The lowest BCUT2D eigenvalue weighted by Crippen LogP contribution is -2.44. The van der Waals surface area contributed by atoms with Crippen molar-refractivity contribution in [3.8, 4) is 0 Å². The van der Waals surface area contributed by atoms with Gasteiger partial charge in [-0.1, -0.05) is 0 Å². The molecule has 146 valence electrons. The highest BCUT2D eigenvalue weighted by atomic mass is 16.3. The number of aliphatic hydroxyl groups excluding tert-OH is 1. The third-order valence-corrected chi connectivity index (χ3v) is 5.29. The van der Waals surface area contributed by atoms with Gasteiger partial charge in [0, 0.05) is 37.7 Å². The molecule has 2 N–H and O–H groups in total. The van der Waals surface area contributed by atoms with Gasteiger partial charge in [-0.3, -0.25) is 14.3 Å². The van der Waals surface area contributed by atoms with Gasteiger partial charge >= 0.3 is 0 Å². The second-order valence-electron chi connectivity index (χ2n) is 7.20. The number of rotatable bonds is 7. The van der Waals surface area contributed by atoms with E-state index in [1.807, 2.05) is 25.5 Å². The van der Waals surface area contributed by atoms with Crippen molar-refractivity contribution in [2.75, 3.05) is 0 Å². The predicted octanol–water partition coefficient (Wildman–Crippen LogP) is 0.776. The van der Waals surface area contributed by atoms with E-state index in [0.717, 1.165) is 24.4 Å². The lowest BCUT2D eigenvalue weighted by atomic mass is 9.79. The number of amides is 1. The number of nitrogens with zero attached hydrogens (tertiary/aromatic N) is 5. The van der Waals surface area contributed by atoms with Gasteiger partial charge in [-0.2, -0.15) is 5.10 Å². The molecule has 27 heavy (non-hydrogen) atoms. The number of carbonyl (C=O) groups excluding carboxylic acids is 2. The van der Waals surface area contributed by atoms with Crippen LogP contribution in [0.4, 0.5) is 0 Å². The van der Waals surface area contributed by atoms with Crippen molar-refractivity contribution in [1.29, 1.82) is 0 Å². The van der Waals surface area contributed by atoms with Gasteiger partial charge in [-0.25, -0.2) is 0 Å². The second-order valence-corrected chi connectivity index (χ2v) is 7.20. The average Bonchev–Trinajstić information content (AvgIpc) is 3.07. The smallest absolute Gasteiger partial charge is 0.222 e. The van der Waals surface area contributed by atoms with Gasteiger partial charge < -0.3 is 15.0 Å².